The monoisotopic (exact) mass is 289 g/mol. The summed E-state index contributed by atoms with van der Waals surface area (Å²) in [6, 6.07) is 3.66. The van der Waals surface area contributed by atoms with E-state index in [9.17, 15) is 4.39 Å². The Bertz CT molecular complexity index is 604. The van der Waals surface area contributed by atoms with Crippen LogP contribution in [-0.4, -0.2) is 16.1 Å². The lowest BCUT2D eigenvalue weighted by Gasteiger charge is -2.20. The Morgan fingerprint density at radius 2 is 2.10 bits per heavy atom. The number of nitrogens with one attached hydrogen (secondary N) is 1. The first-order valence-electron chi connectivity index (χ1n) is 7.64. The number of imidazole rings is 1. The van der Waals surface area contributed by atoms with Gasteiger partial charge in [0.15, 0.2) is 0 Å². The Morgan fingerprint density at radius 3 is 2.76 bits per heavy atom. The van der Waals surface area contributed by atoms with Gasteiger partial charge in [0.1, 0.15) is 11.6 Å². The normalized spacial score (nSPS) is 12.6. The van der Waals surface area contributed by atoms with E-state index in [0.717, 1.165) is 36.5 Å². The molecule has 2 rings (SSSR count). The fraction of sp³-hybridized carbons (Fsp3) is 0.471. The molecule has 114 valence electrons. The van der Waals surface area contributed by atoms with E-state index in [1.54, 1.807) is 13.0 Å². The summed E-state index contributed by atoms with van der Waals surface area (Å²) in [5, 5.41) is 3.36. The highest BCUT2D eigenvalue weighted by atomic mass is 19.1. The van der Waals surface area contributed by atoms with Crippen LogP contribution in [0.15, 0.2) is 24.5 Å². The maximum Gasteiger partial charge on any atom is 0.126 e. The Morgan fingerprint density at radius 1 is 1.33 bits per heavy atom. The van der Waals surface area contributed by atoms with Crippen molar-refractivity contribution in [1.82, 2.24) is 14.9 Å². The molecule has 0 bridgehead atoms. The second-order valence-corrected chi connectivity index (χ2v) is 5.40. The molecule has 2 aromatic rings. The first-order chi connectivity index (χ1) is 10.1. The largest absolute Gasteiger partial charge is 0.310 e. The third kappa shape index (κ3) is 3.32. The van der Waals surface area contributed by atoms with Crippen molar-refractivity contribution in [2.75, 3.05) is 6.54 Å². The van der Waals surface area contributed by atoms with Gasteiger partial charge in [0, 0.05) is 24.9 Å². The molecule has 3 nitrogen and oxygen atoms in total. The summed E-state index contributed by atoms with van der Waals surface area (Å²) in [7, 11) is 0. The maximum absolute atomic E-state index is 14.0. The second-order valence-electron chi connectivity index (χ2n) is 5.40. The van der Waals surface area contributed by atoms with Crippen molar-refractivity contribution in [2.24, 2.45) is 0 Å². The van der Waals surface area contributed by atoms with E-state index in [-0.39, 0.29) is 11.9 Å². The van der Waals surface area contributed by atoms with E-state index < -0.39 is 0 Å². The minimum absolute atomic E-state index is 0.0944. The molecular formula is C17H24FN3. The molecule has 0 aliphatic heterocycles. The van der Waals surface area contributed by atoms with Crippen LogP contribution in [0.1, 0.15) is 50.2 Å². The van der Waals surface area contributed by atoms with Gasteiger partial charge >= 0.3 is 0 Å². The Hall–Kier alpha value is -1.68. The smallest absolute Gasteiger partial charge is 0.126 e. The van der Waals surface area contributed by atoms with Gasteiger partial charge in [0.25, 0.3) is 0 Å². The average molecular weight is 289 g/mol. The first kappa shape index (κ1) is 15.7. The van der Waals surface area contributed by atoms with Crippen LogP contribution in [0.5, 0.6) is 0 Å². The molecule has 0 aliphatic rings. The zero-order valence-corrected chi connectivity index (χ0v) is 13.3. The van der Waals surface area contributed by atoms with E-state index in [4.69, 9.17) is 0 Å². The minimum atomic E-state index is -0.157. The highest BCUT2D eigenvalue weighted by Crippen LogP contribution is 2.26. The van der Waals surface area contributed by atoms with Crippen molar-refractivity contribution in [3.8, 4) is 5.69 Å². The number of aromatic nitrogens is 2. The summed E-state index contributed by atoms with van der Waals surface area (Å²) < 4.78 is 16.1. The number of hydrogen-bond donors (Lipinski definition) is 1. The van der Waals surface area contributed by atoms with Crippen LogP contribution in [0.3, 0.4) is 0 Å². The fourth-order valence-electron chi connectivity index (χ4n) is 2.62. The number of nitrogens with zero attached hydrogens (tertiary/aromatic N) is 2. The molecule has 1 atom stereocenters. The van der Waals surface area contributed by atoms with Gasteiger partial charge < -0.3 is 9.88 Å². The molecule has 21 heavy (non-hydrogen) atoms. The molecule has 0 saturated carbocycles. The van der Waals surface area contributed by atoms with Gasteiger partial charge in [0.05, 0.1) is 5.69 Å². The van der Waals surface area contributed by atoms with E-state index in [1.165, 1.54) is 0 Å². The summed E-state index contributed by atoms with van der Waals surface area (Å²) in [6.07, 6.45) is 5.72. The van der Waals surface area contributed by atoms with Crippen molar-refractivity contribution in [3.05, 3.63) is 47.3 Å². The highest BCUT2D eigenvalue weighted by molar-refractivity contribution is 5.47. The van der Waals surface area contributed by atoms with Crippen molar-refractivity contribution < 1.29 is 4.39 Å². The Labute approximate surface area is 126 Å². The van der Waals surface area contributed by atoms with Crippen LogP contribution < -0.4 is 5.32 Å². The standard InChI is InChI=1S/C17H24FN3/c1-5-7-17-20-8-9-21(17)16-10-12(3)15(18)11-14(16)13(4)19-6-2/h8-11,13,19H,5-7H2,1-4H3. The lowest BCUT2D eigenvalue weighted by atomic mass is 10.0. The van der Waals surface area contributed by atoms with Gasteiger partial charge in [-0.05, 0) is 50.1 Å². The van der Waals surface area contributed by atoms with Crippen LogP contribution >= 0.6 is 0 Å². The molecule has 0 aliphatic carbocycles. The predicted octanol–water partition coefficient (Wildman–Crippen LogP) is 3.94. The van der Waals surface area contributed by atoms with Crippen molar-refractivity contribution in [3.63, 3.8) is 0 Å². The lowest BCUT2D eigenvalue weighted by Crippen LogP contribution is -2.20. The molecule has 4 heteroatoms. The van der Waals surface area contributed by atoms with Gasteiger partial charge in [-0.15, -0.1) is 0 Å². The van der Waals surface area contributed by atoms with Gasteiger partial charge in [-0.3, -0.25) is 0 Å². The third-order valence-corrected chi connectivity index (χ3v) is 3.74. The quantitative estimate of drug-likeness (QED) is 0.873. The van der Waals surface area contributed by atoms with Crippen LogP contribution in [0.2, 0.25) is 0 Å². The summed E-state index contributed by atoms with van der Waals surface area (Å²) in [4.78, 5) is 4.43. The minimum Gasteiger partial charge on any atom is -0.310 e. The van der Waals surface area contributed by atoms with Crippen molar-refractivity contribution >= 4 is 0 Å². The van der Waals surface area contributed by atoms with Gasteiger partial charge in [0.2, 0.25) is 0 Å². The number of halogens is 1. The predicted molar refractivity (Wildman–Crippen MR) is 84.3 cm³/mol. The lowest BCUT2D eigenvalue weighted by molar-refractivity contribution is 0.576. The van der Waals surface area contributed by atoms with Crippen LogP contribution in [0.25, 0.3) is 5.69 Å². The Balaban J connectivity index is 2.55. The van der Waals surface area contributed by atoms with Gasteiger partial charge in [-0.2, -0.15) is 0 Å². The second kappa shape index (κ2) is 6.85. The number of aryl methyl sites for hydroxylation is 2. The fourth-order valence-corrected chi connectivity index (χ4v) is 2.62. The van der Waals surface area contributed by atoms with Crippen molar-refractivity contribution in [2.45, 2.75) is 46.6 Å². The zero-order valence-electron chi connectivity index (χ0n) is 13.3. The molecule has 0 saturated heterocycles. The average Bonchev–Trinajstić information content (AvgIpc) is 2.90. The third-order valence-electron chi connectivity index (χ3n) is 3.74. The molecule has 1 aromatic heterocycles. The van der Waals surface area contributed by atoms with E-state index >= 15 is 0 Å². The number of hydrogen-bond acceptors (Lipinski definition) is 2. The topological polar surface area (TPSA) is 29.9 Å². The van der Waals surface area contributed by atoms with E-state index in [1.807, 2.05) is 18.5 Å². The molecule has 1 aromatic carbocycles. The number of benzene rings is 1. The van der Waals surface area contributed by atoms with Gasteiger partial charge in [-0.1, -0.05) is 13.8 Å². The summed E-state index contributed by atoms with van der Waals surface area (Å²) in [5.74, 6) is 0.865. The molecule has 0 amide bonds. The van der Waals surface area contributed by atoms with E-state index in [2.05, 4.69) is 35.6 Å². The molecule has 1 N–H and O–H groups in total. The molecule has 1 unspecified atom stereocenters. The molecule has 0 fully saturated rings. The zero-order chi connectivity index (χ0) is 15.4. The van der Waals surface area contributed by atoms with Crippen LogP contribution in [0, 0.1) is 12.7 Å². The summed E-state index contributed by atoms with van der Waals surface area (Å²) in [5.41, 5.74) is 2.65. The van der Waals surface area contributed by atoms with Gasteiger partial charge in [-0.25, -0.2) is 9.37 Å². The molecular weight excluding hydrogens is 265 g/mol. The molecule has 1 heterocycles. The number of rotatable bonds is 6. The Kier molecular flexibility index (Phi) is 5.12. The van der Waals surface area contributed by atoms with Crippen LogP contribution in [-0.2, 0) is 6.42 Å². The maximum atomic E-state index is 14.0. The van der Waals surface area contributed by atoms with Crippen LogP contribution in [0.4, 0.5) is 4.39 Å². The van der Waals surface area contributed by atoms with E-state index in [0.29, 0.717) is 5.56 Å². The summed E-state index contributed by atoms with van der Waals surface area (Å²) >= 11 is 0. The molecule has 0 radical (unpaired) electrons. The molecule has 0 spiro atoms. The SMILES string of the molecule is CCCc1nccn1-c1cc(C)c(F)cc1C(C)NCC. The first-order valence-corrected chi connectivity index (χ1v) is 7.64. The summed E-state index contributed by atoms with van der Waals surface area (Å²) in [6.45, 7) is 8.91. The van der Waals surface area contributed by atoms with Crippen molar-refractivity contribution in [1.29, 1.82) is 0 Å². The highest BCUT2D eigenvalue weighted by Gasteiger charge is 2.16.